The van der Waals surface area contributed by atoms with Gasteiger partial charge in [0.15, 0.2) is 0 Å². The van der Waals surface area contributed by atoms with E-state index in [1.807, 2.05) is 42.5 Å². The topological polar surface area (TPSA) is 63.6 Å². The standard InChI is InChI=1S/C22H19Cl2N3O2/c23-18-10-11-20(19(24)14-18)29-13-5-9-21(28)26-27-22(16-6-2-1-3-7-16)17-8-4-12-25-15-17/h1-4,6-8,10-12,14-15H,5,9,13H2,(H,26,28)/b27-22+. The van der Waals surface area contributed by atoms with Crippen LogP contribution in [0.1, 0.15) is 24.0 Å². The third-order valence-electron chi connectivity index (χ3n) is 3.97. The molecule has 0 aliphatic heterocycles. The SMILES string of the molecule is O=C(CCCOc1ccc(Cl)cc1Cl)N/N=C(\c1ccccc1)c1cccnc1. The lowest BCUT2D eigenvalue weighted by molar-refractivity contribution is -0.121. The van der Waals surface area contributed by atoms with Gasteiger partial charge in [0.2, 0.25) is 5.91 Å². The molecule has 0 unspecified atom stereocenters. The van der Waals surface area contributed by atoms with Gasteiger partial charge < -0.3 is 4.74 Å². The van der Waals surface area contributed by atoms with E-state index in [-0.39, 0.29) is 12.3 Å². The largest absolute Gasteiger partial charge is 0.492 e. The van der Waals surface area contributed by atoms with Gasteiger partial charge in [-0.1, -0.05) is 53.5 Å². The summed E-state index contributed by atoms with van der Waals surface area (Å²) in [5.41, 5.74) is 4.98. The van der Waals surface area contributed by atoms with E-state index >= 15 is 0 Å². The van der Waals surface area contributed by atoms with Crippen molar-refractivity contribution in [3.05, 3.63) is 94.2 Å². The molecular weight excluding hydrogens is 409 g/mol. The molecule has 1 aromatic heterocycles. The normalized spacial score (nSPS) is 11.2. The van der Waals surface area contributed by atoms with Crippen LogP contribution < -0.4 is 10.2 Å². The van der Waals surface area contributed by atoms with Crippen LogP contribution in [0.2, 0.25) is 10.0 Å². The number of ether oxygens (including phenoxy) is 1. The minimum Gasteiger partial charge on any atom is -0.492 e. The molecule has 1 N–H and O–H groups in total. The summed E-state index contributed by atoms with van der Waals surface area (Å²) >= 11 is 11.9. The summed E-state index contributed by atoms with van der Waals surface area (Å²) in [6.45, 7) is 0.354. The highest BCUT2D eigenvalue weighted by atomic mass is 35.5. The zero-order valence-electron chi connectivity index (χ0n) is 15.5. The van der Waals surface area contributed by atoms with Crippen molar-refractivity contribution in [2.75, 3.05) is 6.61 Å². The molecule has 0 aliphatic rings. The molecule has 0 atom stereocenters. The molecule has 1 heterocycles. The number of hydrogen-bond acceptors (Lipinski definition) is 4. The van der Waals surface area contributed by atoms with E-state index in [4.69, 9.17) is 27.9 Å². The first-order chi connectivity index (χ1) is 14.1. The average Bonchev–Trinajstić information content (AvgIpc) is 2.74. The van der Waals surface area contributed by atoms with Gasteiger partial charge >= 0.3 is 0 Å². The molecule has 0 fully saturated rings. The molecule has 1 amide bonds. The van der Waals surface area contributed by atoms with Crippen LogP contribution in [-0.4, -0.2) is 23.2 Å². The number of rotatable bonds is 8. The van der Waals surface area contributed by atoms with Crippen LogP contribution >= 0.6 is 23.2 Å². The molecule has 3 rings (SSSR count). The zero-order valence-corrected chi connectivity index (χ0v) is 17.0. The third kappa shape index (κ3) is 6.31. The van der Waals surface area contributed by atoms with Crippen LogP contribution in [0.15, 0.2) is 78.2 Å². The number of nitrogens with one attached hydrogen (secondary N) is 1. The van der Waals surface area contributed by atoms with Gasteiger partial charge in [0.25, 0.3) is 0 Å². The Kier molecular flexibility index (Phi) is 7.61. The predicted molar refractivity (Wildman–Crippen MR) is 116 cm³/mol. The van der Waals surface area contributed by atoms with Crippen LogP contribution in [0, 0.1) is 0 Å². The smallest absolute Gasteiger partial charge is 0.240 e. The molecule has 7 heteroatoms. The number of aromatic nitrogens is 1. The maximum atomic E-state index is 12.2. The molecule has 148 valence electrons. The van der Waals surface area contributed by atoms with Gasteiger partial charge in [0, 0.05) is 35.0 Å². The van der Waals surface area contributed by atoms with Crippen molar-refractivity contribution in [2.45, 2.75) is 12.8 Å². The van der Waals surface area contributed by atoms with E-state index in [1.54, 1.807) is 30.6 Å². The van der Waals surface area contributed by atoms with Crippen LogP contribution in [-0.2, 0) is 4.79 Å². The number of nitrogens with zero attached hydrogens (tertiary/aromatic N) is 2. The van der Waals surface area contributed by atoms with Crippen molar-refractivity contribution in [2.24, 2.45) is 5.10 Å². The summed E-state index contributed by atoms with van der Waals surface area (Å²) in [5, 5.41) is 5.31. The van der Waals surface area contributed by atoms with E-state index in [0.717, 1.165) is 11.1 Å². The summed E-state index contributed by atoms with van der Waals surface area (Å²) in [4.78, 5) is 16.3. The molecule has 0 bridgehead atoms. The van der Waals surface area contributed by atoms with E-state index in [2.05, 4.69) is 15.5 Å². The number of amides is 1. The highest BCUT2D eigenvalue weighted by Crippen LogP contribution is 2.27. The number of carbonyl (C=O) groups is 1. The van der Waals surface area contributed by atoms with Gasteiger partial charge in [0.1, 0.15) is 5.75 Å². The second-order valence-electron chi connectivity index (χ2n) is 6.13. The summed E-state index contributed by atoms with van der Waals surface area (Å²) in [5.74, 6) is 0.338. The van der Waals surface area contributed by atoms with Gasteiger partial charge in [0.05, 0.1) is 17.3 Å². The Labute approximate surface area is 179 Å². The minimum absolute atomic E-state index is 0.201. The quantitative estimate of drug-likeness (QED) is 0.308. The first kappa shape index (κ1) is 20.8. The Morgan fingerprint density at radius 2 is 1.83 bits per heavy atom. The molecule has 0 saturated heterocycles. The fourth-order valence-electron chi connectivity index (χ4n) is 2.58. The number of hydrazone groups is 1. The molecule has 5 nitrogen and oxygen atoms in total. The van der Waals surface area contributed by atoms with Crippen molar-refractivity contribution in [3.63, 3.8) is 0 Å². The molecule has 29 heavy (non-hydrogen) atoms. The first-order valence-electron chi connectivity index (χ1n) is 9.03. The third-order valence-corrected chi connectivity index (χ3v) is 4.50. The van der Waals surface area contributed by atoms with Crippen molar-refractivity contribution in [3.8, 4) is 5.75 Å². The van der Waals surface area contributed by atoms with E-state index in [0.29, 0.717) is 34.5 Å². The van der Waals surface area contributed by atoms with Crippen molar-refractivity contribution in [1.82, 2.24) is 10.4 Å². The lowest BCUT2D eigenvalue weighted by Gasteiger charge is -2.09. The van der Waals surface area contributed by atoms with Gasteiger partial charge in [-0.15, -0.1) is 0 Å². The van der Waals surface area contributed by atoms with E-state index in [1.165, 1.54) is 0 Å². The zero-order chi connectivity index (χ0) is 20.5. The molecule has 0 aliphatic carbocycles. The number of hydrogen-bond donors (Lipinski definition) is 1. The minimum atomic E-state index is -0.201. The second kappa shape index (κ2) is 10.6. The van der Waals surface area contributed by atoms with Crippen LogP contribution in [0.5, 0.6) is 5.75 Å². The molecule has 2 aromatic carbocycles. The highest BCUT2D eigenvalue weighted by molar-refractivity contribution is 6.35. The maximum Gasteiger partial charge on any atom is 0.240 e. The van der Waals surface area contributed by atoms with Crippen LogP contribution in [0.25, 0.3) is 0 Å². The predicted octanol–water partition coefficient (Wildman–Crippen LogP) is 5.12. The Morgan fingerprint density at radius 3 is 2.55 bits per heavy atom. The van der Waals surface area contributed by atoms with Crippen LogP contribution in [0.3, 0.4) is 0 Å². The van der Waals surface area contributed by atoms with E-state index in [9.17, 15) is 4.79 Å². The van der Waals surface area contributed by atoms with Gasteiger partial charge in [-0.3, -0.25) is 9.78 Å². The Bertz CT molecular complexity index is 938. The molecule has 3 aromatic rings. The van der Waals surface area contributed by atoms with Crippen molar-refractivity contribution < 1.29 is 9.53 Å². The maximum absolute atomic E-state index is 12.2. The molecule has 0 spiro atoms. The average molecular weight is 428 g/mol. The van der Waals surface area contributed by atoms with Gasteiger partial charge in [-0.05, 0) is 36.8 Å². The van der Waals surface area contributed by atoms with Crippen molar-refractivity contribution in [1.29, 1.82) is 0 Å². The lowest BCUT2D eigenvalue weighted by Crippen LogP contribution is -2.21. The Morgan fingerprint density at radius 1 is 1.03 bits per heavy atom. The molecule has 0 saturated carbocycles. The summed E-state index contributed by atoms with van der Waals surface area (Å²) < 4.78 is 5.59. The monoisotopic (exact) mass is 427 g/mol. The van der Waals surface area contributed by atoms with E-state index < -0.39 is 0 Å². The number of carbonyl (C=O) groups excluding carboxylic acids is 1. The van der Waals surface area contributed by atoms with Gasteiger partial charge in [-0.2, -0.15) is 5.10 Å². The summed E-state index contributed by atoms with van der Waals surface area (Å²) in [6, 6.07) is 18.4. The Balaban J connectivity index is 1.56. The number of halogens is 2. The molecule has 0 radical (unpaired) electrons. The van der Waals surface area contributed by atoms with Gasteiger partial charge in [-0.25, -0.2) is 5.43 Å². The van der Waals surface area contributed by atoms with Crippen LogP contribution in [0.4, 0.5) is 0 Å². The lowest BCUT2D eigenvalue weighted by atomic mass is 10.0. The fraction of sp³-hybridized carbons (Fsp3) is 0.136. The Hall–Kier alpha value is -2.89. The molecular formula is C22H19Cl2N3O2. The first-order valence-corrected chi connectivity index (χ1v) is 9.79. The fourth-order valence-corrected chi connectivity index (χ4v) is 3.04. The summed E-state index contributed by atoms with van der Waals surface area (Å²) in [7, 11) is 0. The number of pyridine rings is 1. The highest BCUT2D eigenvalue weighted by Gasteiger charge is 2.09. The number of benzene rings is 2. The summed E-state index contributed by atoms with van der Waals surface area (Å²) in [6.07, 6.45) is 4.19. The second-order valence-corrected chi connectivity index (χ2v) is 6.97. The van der Waals surface area contributed by atoms with Crippen molar-refractivity contribution >= 4 is 34.8 Å².